The summed E-state index contributed by atoms with van der Waals surface area (Å²) in [5.41, 5.74) is 0.566. The van der Waals surface area contributed by atoms with E-state index in [0.717, 1.165) is 19.3 Å². The average Bonchev–Trinajstić information content (AvgIpc) is 2.61. The summed E-state index contributed by atoms with van der Waals surface area (Å²) in [6.07, 6.45) is 7.13. The van der Waals surface area contributed by atoms with Gasteiger partial charge in [0.05, 0.1) is 0 Å². The second-order valence-electron chi connectivity index (χ2n) is 6.52. The fourth-order valence-electron chi connectivity index (χ4n) is 2.51. The molecule has 0 spiro atoms. The lowest BCUT2D eigenvalue weighted by atomic mass is 10.1. The van der Waals surface area contributed by atoms with Crippen molar-refractivity contribution in [2.24, 2.45) is 0 Å². The molecule has 0 unspecified atom stereocenters. The van der Waals surface area contributed by atoms with Gasteiger partial charge in [-0.25, -0.2) is 4.39 Å². The van der Waals surface area contributed by atoms with E-state index in [4.69, 9.17) is 47.0 Å². The number of carbonyl (C=O) groups excluding carboxylic acids is 1. The lowest BCUT2D eigenvalue weighted by Crippen LogP contribution is -2.56. The van der Waals surface area contributed by atoms with Crippen molar-refractivity contribution >= 4 is 63.7 Å². The van der Waals surface area contributed by atoms with Gasteiger partial charge >= 0.3 is 0 Å². The first-order chi connectivity index (χ1) is 13.2. The zero-order valence-corrected chi connectivity index (χ0v) is 19.0. The highest BCUT2D eigenvalue weighted by atomic mass is 35.6. The Labute approximate surface area is 186 Å². The third-order valence-electron chi connectivity index (χ3n) is 4.02. The fourth-order valence-corrected chi connectivity index (χ4v) is 3.07. The van der Waals surface area contributed by atoms with Crippen molar-refractivity contribution in [3.05, 3.63) is 30.1 Å². The number of rotatable bonds is 11. The Morgan fingerprint density at radius 3 is 2.18 bits per heavy atom. The molecule has 158 valence electrons. The van der Waals surface area contributed by atoms with E-state index >= 15 is 0 Å². The van der Waals surface area contributed by atoms with E-state index in [1.165, 1.54) is 49.9 Å². The van der Waals surface area contributed by atoms with Crippen molar-refractivity contribution in [1.29, 1.82) is 0 Å². The van der Waals surface area contributed by atoms with E-state index < -0.39 is 9.96 Å². The van der Waals surface area contributed by atoms with Crippen molar-refractivity contribution in [3.8, 4) is 0 Å². The third-order valence-corrected chi connectivity index (χ3v) is 4.89. The van der Waals surface area contributed by atoms with Crippen LogP contribution in [0.15, 0.2) is 24.3 Å². The molecule has 0 bridgehead atoms. The summed E-state index contributed by atoms with van der Waals surface area (Å²) in [5.74, 6) is -0.580. The molecule has 0 saturated carbocycles. The molecule has 1 rings (SSSR count). The largest absolute Gasteiger partial charge is 0.339 e. The van der Waals surface area contributed by atoms with Crippen LogP contribution in [-0.2, 0) is 4.79 Å². The van der Waals surface area contributed by atoms with Gasteiger partial charge in [-0.1, -0.05) is 80.3 Å². The molecule has 0 aliphatic rings. The Morgan fingerprint density at radius 1 is 1.04 bits per heavy atom. The molecule has 1 atom stereocenters. The Morgan fingerprint density at radius 2 is 1.61 bits per heavy atom. The number of nitrogens with one attached hydrogen (secondary N) is 3. The lowest BCUT2D eigenvalue weighted by Gasteiger charge is -2.27. The highest BCUT2D eigenvalue weighted by Crippen LogP contribution is 2.29. The number of anilines is 1. The normalized spacial score (nSPS) is 12.3. The quantitative estimate of drug-likeness (QED) is 0.159. The first kappa shape index (κ1) is 25.2. The second-order valence-corrected chi connectivity index (χ2v) is 9.30. The first-order valence-electron chi connectivity index (χ1n) is 9.41. The smallest absolute Gasteiger partial charge is 0.228 e. The highest BCUT2D eigenvalue weighted by molar-refractivity contribution is 7.80. The summed E-state index contributed by atoms with van der Waals surface area (Å²) in [6.45, 7) is 2.18. The third kappa shape index (κ3) is 11.2. The van der Waals surface area contributed by atoms with Crippen LogP contribution < -0.4 is 16.0 Å². The van der Waals surface area contributed by atoms with Crippen LogP contribution in [0.5, 0.6) is 0 Å². The summed E-state index contributed by atoms with van der Waals surface area (Å²) in [5, 5.41) is 8.42. The maximum atomic E-state index is 13.0. The topological polar surface area (TPSA) is 53.2 Å². The number of amides is 1. The van der Waals surface area contributed by atoms with Gasteiger partial charge in [0.15, 0.2) is 5.11 Å². The number of hydrogen-bond acceptors (Lipinski definition) is 2. The minimum atomic E-state index is -1.80. The van der Waals surface area contributed by atoms with Crippen LogP contribution in [0.25, 0.3) is 0 Å². The number of alkyl halides is 3. The Balaban J connectivity index is 2.42. The van der Waals surface area contributed by atoms with E-state index in [2.05, 4.69) is 22.9 Å². The maximum Gasteiger partial charge on any atom is 0.228 e. The van der Waals surface area contributed by atoms with Crippen LogP contribution in [0.3, 0.4) is 0 Å². The van der Waals surface area contributed by atoms with Crippen molar-refractivity contribution < 1.29 is 9.18 Å². The van der Waals surface area contributed by atoms with E-state index in [1.54, 1.807) is 0 Å². The summed E-state index contributed by atoms with van der Waals surface area (Å²) >= 11 is 23.1. The highest BCUT2D eigenvalue weighted by Gasteiger charge is 2.34. The molecule has 0 aromatic heterocycles. The molecular weight excluding hydrogens is 444 g/mol. The molecule has 9 heteroatoms. The summed E-state index contributed by atoms with van der Waals surface area (Å²) in [6, 6.07) is 5.63. The number of hydrogen-bond donors (Lipinski definition) is 3. The fraction of sp³-hybridized carbons (Fsp3) is 0.579. The average molecular weight is 471 g/mol. The van der Waals surface area contributed by atoms with Crippen LogP contribution in [-0.4, -0.2) is 21.0 Å². The van der Waals surface area contributed by atoms with E-state index in [9.17, 15) is 9.18 Å². The minimum absolute atomic E-state index is 0.138. The summed E-state index contributed by atoms with van der Waals surface area (Å²) in [4.78, 5) is 12.2. The van der Waals surface area contributed by atoms with Gasteiger partial charge in [0, 0.05) is 12.1 Å². The van der Waals surface area contributed by atoms with E-state index in [-0.39, 0.29) is 16.8 Å². The number of thiocarbonyl (C=S) groups is 1. The number of carbonyl (C=O) groups is 1. The molecule has 1 aromatic carbocycles. The lowest BCUT2D eigenvalue weighted by molar-refractivity contribution is -0.122. The molecule has 0 radical (unpaired) electrons. The first-order valence-corrected chi connectivity index (χ1v) is 11.0. The summed E-state index contributed by atoms with van der Waals surface area (Å²) < 4.78 is 11.2. The van der Waals surface area contributed by atoms with Gasteiger partial charge in [-0.15, -0.1) is 0 Å². The van der Waals surface area contributed by atoms with Gasteiger partial charge in [0.2, 0.25) is 9.70 Å². The molecule has 3 N–H and O–H groups in total. The molecule has 1 aromatic rings. The van der Waals surface area contributed by atoms with Gasteiger partial charge in [-0.2, -0.15) is 0 Å². The number of halogens is 4. The predicted molar refractivity (Wildman–Crippen MR) is 121 cm³/mol. The minimum Gasteiger partial charge on any atom is -0.339 e. The molecule has 0 aliphatic heterocycles. The Kier molecular flexibility index (Phi) is 12.1. The maximum absolute atomic E-state index is 13.0. The monoisotopic (exact) mass is 469 g/mol. The van der Waals surface area contributed by atoms with Gasteiger partial charge in [-0.05, 0) is 42.9 Å². The van der Waals surface area contributed by atoms with Crippen molar-refractivity contribution in [1.82, 2.24) is 10.6 Å². The van der Waals surface area contributed by atoms with Crippen LogP contribution in [0.4, 0.5) is 10.1 Å². The zero-order valence-electron chi connectivity index (χ0n) is 15.9. The standard InChI is InChI=1S/C19H27Cl3FN3OS/c1-2-3-4-5-6-7-8-9-16(27)25-17(19(20,21)22)26-18(28)24-15-12-10-14(23)11-13-15/h10-13,17H,2-9H2,1H3,(H,25,27)(H2,24,26,28)/t17-/m1/s1. The zero-order chi connectivity index (χ0) is 21.0. The molecule has 0 aliphatic carbocycles. The van der Waals surface area contributed by atoms with Gasteiger partial charge in [0.1, 0.15) is 12.0 Å². The molecule has 0 saturated heterocycles. The molecule has 28 heavy (non-hydrogen) atoms. The SMILES string of the molecule is CCCCCCCCCC(=O)N[C@H](NC(=S)Nc1ccc(F)cc1)C(Cl)(Cl)Cl. The Bertz CT molecular complexity index is 611. The molecule has 0 heterocycles. The molecule has 1 amide bonds. The van der Waals surface area contributed by atoms with Crippen LogP contribution in [0.2, 0.25) is 0 Å². The molecule has 4 nitrogen and oxygen atoms in total. The number of benzene rings is 1. The van der Waals surface area contributed by atoms with Gasteiger partial charge < -0.3 is 16.0 Å². The van der Waals surface area contributed by atoms with Crippen LogP contribution >= 0.6 is 47.0 Å². The number of unbranched alkanes of at least 4 members (excludes halogenated alkanes) is 6. The van der Waals surface area contributed by atoms with Gasteiger partial charge in [-0.3, -0.25) is 4.79 Å². The van der Waals surface area contributed by atoms with Crippen molar-refractivity contribution in [3.63, 3.8) is 0 Å². The molecular formula is C19H27Cl3FN3OS. The van der Waals surface area contributed by atoms with Gasteiger partial charge in [0.25, 0.3) is 0 Å². The Hall–Kier alpha value is -0.820. The molecule has 0 fully saturated rings. The van der Waals surface area contributed by atoms with E-state index in [1.807, 2.05) is 0 Å². The van der Waals surface area contributed by atoms with Crippen LogP contribution in [0, 0.1) is 5.82 Å². The van der Waals surface area contributed by atoms with Crippen LogP contribution in [0.1, 0.15) is 58.3 Å². The van der Waals surface area contributed by atoms with Crippen molar-refractivity contribution in [2.45, 2.75) is 68.2 Å². The summed E-state index contributed by atoms with van der Waals surface area (Å²) in [7, 11) is 0. The predicted octanol–water partition coefficient (Wildman–Crippen LogP) is 6.07. The van der Waals surface area contributed by atoms with Crippen molar-refractivity contribution in [2.75, 3.05) is 5.32 Å². The van der Waals surface area contributed by atoms with E-state index in [0.29, 0.717) is 12.1 Å². The second kappa shape index (κ2) is 13.4.